The minimum atomic E-state index is -0.404. The van der Waals surface area contributed by atoms with Gasteiger partial charge in [0.05, 0.1) is 18.4 Å². The Morgan fingerprint density at radius 2 is 1.77 bits per heavy atom. The van der Waals surface area contributed by atoms with E-state index in [1.54, 1.807) is 18.2 Å². The zero-order valence-corrected chi connectivity index (χ0v) is 13.4. The van der Waals surface area contributed by atoms with Crippen molar-refractivity contribution >= 4 is 34.7 Å². The topological polar surface area (TPSA) is 50.4 Å². The molecule has 0 atom stereocenters. The molecule has 0 fully saturated rings. The first-order chi connectivity index (χ1) is 10.6. The Kier molecular flexibility index (Phi) is 5.49. The van der Waals surface area contributed by atoms with Crippen molar-refractivity contribution < 1.29 is 9.53 Å². The van der Waals surface area contributed by atoms with Crippen LogP contribution in [-0.2, 0) is 11.2 Å². The standard InChI is InChI=1S/C17H18N2O2S/c1-3-12-8-10-13(11-9-12)18-17(22)19-15-7-5-4-6-14(15)16(20)21-2/h4-11H,3H2,1-2H3,(H2,18,19,22). The third-order valence-corrected chi connectivity index (χ3v) is 3.40. The van der Waals surface area contributed by atoms with Gasteiger partial charge in [0.25, 0.3) is 0 Å². The Morgan fingerprint density at radius 3 is 2.41 bits per heavy atom. The molecule has 0 saturated carbocycles. The molecule has 2 N–H and O–H groups in total. The lowest BCUT2D eigenvalue weighted by Gasteiger charge is -2.13. The van der Waals surface area contributed by atoms with E-state index in [4.69, 9.17) is 17.0 Å². The van der Waals surface area contributed by atoms with Gasteiger partial charge in [0.15, 0.2) is 5.11 Å². The molecule has 5 heteroatoms. The molecule has 0 aliphatic heterocycles. The summed E-state index contributed by atoms with van der Waals surface area (Å²) < 4.78 is 4.76. The molecule has 0 amide bonds. The molecule has 0 radical (unpaired) electrons. The van der Waals surface area contributed by atoms with Crippen LogP contribution in [-0.4, -0.2) is 18.2 Å². The summed E-state index contributed by atoms with van der Waals surface area (Å²) in [7, 11) is 1.35. The number of carbonyl (C=O) groups is 1. The molecule has 2 aromatic rings. The number of carbonyl (C=O) groups excluding carboxylic acids is 1. The van der Waals surface area contributed by atoms with Gasteiger partial charge in [-0.15, -0.1) is 0 Å². The molecule has 2 aromatic carbocycles. The number of esters is 1. The van der Waals surface area contributed by atoms with Crippen LogP contribution in [0.15, 0.2) is 48.5 Å². The number of thiocarbonyl (C=S) groups is 1. The first-order valence-electron chi connectivity index (χ1n) is 6.98. The number of anilines is 2. The van der Waals surface area contributed by atoms with Gasteiger partial charge in [0.1, 0.15) is 0 Å². The second-order valence-electron chi connectivity index (χ2n) is 4.67. The maximum absolute atomic E-state index is 11.7. The average molecular weight is 314 g/mol. The molecular weight excluding hydrogens is 296 g/mol. The number of hydrogen-bond acceptors (Lipinski definition) is 3. The minimum absolute atomic E-state index is 0.404. The molecule has 4 nitrogen and oxygen atoms in total. The molecule has 0 saturated heterocycles. The van der Waals surface area contributed by atoms with Crippen LogP contribution >= 0.6 is 12.2 Å². The van der Waals surface area contributed by atoms with E-state index in [0.717, 1.165) is 12.1 Å². The number of ether oxygens (including phenoxy) is 1. The van der Waals surface area contributed by atoms with E-state index >= 15 is 0 Å². The molecule has 0 bridgehead atoms. The fourth-order valence-electron chi connectivity index (χ4n) is 1.99. The van der Waals surface area contributed by atoms with Gasteiger partial charge in [0.2, 0.25) is 0 Å². The summed E-state index contributed by atoms with van der Waals surface area (Å²) in [4.78, 5) is 11.7. The summed E-state index contributed by atoms with van der Waals surface area (Å²) in [5, 5.41) is 6.53. The van der Waals surface area contributed by atoms with E-state index in [-0.39, 0.29) is 0 Å². The second-order valence-corrected chi connectivity index (χ2v) is 5.08. The van der Waals surface area contributed by atoms with Crippen LogP contribution in [0.1, 0.15) is 22.8 Å². The molecule has 2 rings (SSSR count). The lowest BCUT2D eigenvalue weighted by Crippen LogP contribution is -2.20. The lowest BCUT2D eigenvalue weighted by molar-refractivity contribution is 0.0602. The van der Waals surface area contributed by atoms with Crippen molar-refractivity contribution in [1.29, 1.82) is 0 Å². The van der Waals surface area contributed by atoms with Gasteiger partial charge >= 0.3 is 5.97 Å². The van der Waals surface area contributed by atoms with Crippen LogP contribution in [0.4, 0.5) is 11.4 Å². The van der Waals surface area contributed by atoms with Crippen molar-refractivity contribution in [3.63, 3.8) is 0 Å². The molecular formula is C17H18N2O2S. The largest absolute Gasteiger partial charge is 0.465 e. The molecule has 0 unspecified atom stereocenters. The maximum atomic E-state index is 11.7. The summed E-state index contributed by atoms with van der Waals surface area (Å²) >= 11 is 5.29. The maximum Gasteiger partial charge on any atom is 0.339 e. The van der Waals surface area contributed by atoms with Gasteiger partial charge in [-0.05, 0) is 48.5 Å². The van der Waals surface area contributed by atoms with E-state index in [1.807, 2.05) is 30.3 Å². The fraction of sp³-hybridized carbons (Fsp3) is 0.176. The quantitative estimate of drug-likeness (QED) is 0.663. The zero-order chi connectivity index (χ0) is 15.9. The summed E-state index contributed by atoms with van der Waals surface area (Å²) in [5.41, 5.74) is 3.21. The van der Waals surface area contributed by atoms with Crippen molar-refractivity contribution in [3.8, 4) is 0 Å². The van der Waals surface area contributed by atoms with Crippen LogP contribution < -0.4 is 10.6 Å². The van der Waals surface area contributed by atoms with Crippen molar-refractivity contribution in [2.24, 2.45) is 0 Å². The summed E-state index contributed by atoms with van der Waals surface area (Å²) in [6.45, 7) is 2.11. The SMILES string of the molecule is CCc1ccc(NC(=S)Nc2ccccc2C(=O)OC)cc1. The Balaban J connectivity index is 2.07. The van der Waals surface area contributed by atoms with Crippen molar-refractivity contribution in [1.82, 2.24) is 0 Å². The van der Waals surface area contributed by atoms with Gasteiger partial charge in [-0.25, -0.2) is 4.79 Å². The van der Waals surface area contributed by atoms with Crippen LogP contribution in [0.5, 0.6) is 0 Å². The number of hydrogen-bond donors (Lipinski definition) is 2. The predicted molar refractivity (Wildman–Crippen MR) is 93.4 cm³/mol. The number of benzene rings is 2. The van der Waals surface area contributed by atoms with Gasteiger partial charge in [0, 0.05) is 5.69 Å². The van der Waals surface area contributed by atoms with Gasteiger partial charge in [-0.2, -0.15) is 0 Å². The van der Waals surface area contributed by atoms with Crippen molar-refractivity contribution in [2.45, 2.75) is 13.3 Å². The van der Waals surface area contributed by atoms with E-state index in [0.29, 0.717) is 16.4 Å². The van der Waals surface area contributed by atoms with Gasteiger partial charge in [-0.1, -0.05) is 31.2 Å². The lowest BCUT2D eigenvalue weighted by atomic mass is 10.1. The molecule has 0 aliphatic rings. The van der Waals surface area contributed by atoms with Crippen molar-refractivity contribution in [2.75, 3.05) is 17.7 Å². The number of rotatable bonds is 4. The first-order valence-corrected chi connectivity index (χ1v) is 7.39. The first kappa shape index (κ1) is 16.0. The number of para-hydroxylation sites is 1. The number of aryl methyl sites for hydroxylation is 1. The number of nitrogens with one attached hydrogen (secondary N) is 2. The highest BCUT2D eigenvalue weighted by Gasteiger charge is 2.11. The second kappa shape index (κ2) is 7.56. The van der Waals surface area contributed by atoms with Gasteiger partial charge in [-0.3, -0.25) is 0 Å². The molecule has 114 valence electrons. The smallest absolute Gasteiger partial charge is 0.339 e. The van der Waals surface area contributed by atoms with E-state index in [2.05, 4.69) is 17.6 Å². The Hall–Kier alpha value is -2.40. The Labute approximate surface area is 135 Å². The monoisotopic (exact) mass is 314 g/mol. The van der Waals surface area contributed by atoms with Crippen molar-refractivity contribution in [3.05, 3.63) is 59.7 Å². The van der Waals surface area contributed by atoms with E-state index < -0.39 is 5.97 Å². The average Bonchev–Trinajstić information content (AvgIpc) is 2.55. The van der Waals surface area contributed by atoms with Crippen LogP contribution in [0, 0.1) is 0 Å². The fourth-order valence-corrected chi connectivity index (χ4v) is 2.22. The highest BCUT2D eigenvalue weighted by atomic mass is 32.1. The highest BCUT2D eigenvalue weighted by Crippen LogP contribution is 2.17. The summed E-state index contributed by atoms with van der Waals surface area (Å²) in [5.74, 6) is -0.404. The molecule has 0 heterocycles. The third kappa shape index (κ3) is 4.05. The zero-order valence-electron chi connectivity index (χ0n) is 12.6. The molecule has 22 heavy (non-hydrogen) atoms. The summed E-state index contributed by atoms with van der Waals surface area (Å²) in [6.07, 6.45) is 0.996. The molecule has 0 aromatic heterocycles. The van der Waals surface area contributed by atoms with Crippen LogP contribution in [0.2, 0.25) is 0 Å². The summed E-state index contributed by atoms with van der Waals surface area (Å²) in [6, 6.07) is 15.1. The van der Waals surface area contributed by atoms with Crippen LogP contribution in [0.25, 0.3) is 0 Å². The normalized spacial score (nSPS) is 9.91. The van der Waals surface area contributed by atoms with E-state index in [9.17, 15) is 4.79 Å². The molecule has 0 spiro atoms. The Bertz CT molecular complexity index is 669. The third-order valence-electron chi connectivity index (χ3n) is 3.20. The number of methoxy groups -OCH3 is 1. The van der Waals surface area contributed by atoms with Crippen LogP contribution in [0.3, 0.4) is 0 Å². The predicted octanol–water partition coefficient (Wildman–Crippen LogP) is 3.84. The minimum Gasteiger partial charge on any atom is -0.465 e. The Morgan fingerprint density at radius 1 is 1.09 bits per heavy atom. The van der Waals surface area contributed by atoms with Gasteiger partial charge < -0.3 is 15.4 Å². The molecule has 0 aliphatic carbocycles. The van der Waals surface area contributed by atoms with E-state index in [1.165, 1.54) is 12.7 Å². The highest BCUT2D eigenvalue weighted by molar-refractivity contribution is 7.80.